The van der Waals surface area contributed by atoms with Gasteiger partial charge in [-0.15, -0.1) is 0 Å². The fourth-order valence-electron chi connectivity index (χ4n) is 5.38. The summed E-state index contributed by atoms with van der Waals surface area (Å²) in [5, 5.41) is 0. The Labute approximate surface area is 143 Å². The molecule has 0 heterocycles. The van der Waals surface area contributed by atoms with E-state index < -0.39 is 0 Å². The Morgan fingerprint density at radius 3 is 2.08 bits per heavy atom. The minimum absolute atomic E-state index is 0.0335. The van der Waals surface area contributed by atoms with Crippen molar-refractivity contribution >= 4 is 5.97 Å². The first kappa shape index (κ1) is 15.8. The van der Waals surface area contributed by atoms with E-state index in [1.54, 1.807) is 19.2 Å². The zero-order chi connectivity index (χ0) is 16.7. The Morgan fingerprint density at radius 2 is 1.54 bits per heavy atom. The number of hydrogen-bond acceptors (Lipinski definition) is 4. The van der Waals surface area contributed by atoms with Crippen molar-refractivity contribution in [2.75, 3.05) is 13.7 Å². The summed E-state index contributed by atoms with van der Waals surface area (Å²) >= 11 is 0. The van der Waals surface area contributed by atoms with Gasteiger partial charge in [0.05, 0.1) is 7.11 Å². The second kappa shape index (κ2) is 5.98. The molecule has 0 saturated heterocycles. The average Bonchev–Trinajstić information content (AvgIpc) is 2.58. The topological polar surface area (TPSA) is 44.8 Å². The molecule has 4 saturated carbocycles. The summed E-state index contributed by atoms with van der Waals surface area (Å²) in [5.74, 6) is 4.00. The van der Waals surface area contributed by atoms with Gasteiger partial charge < -0.3 is 14.2 Å². The summed E-state index contributed by atoms with van der Waals surface area (Å²) in [6.07, 6.45) is 6.33. The van der Waals surface area contributed by atoms with Crippen LogP contribution >= 0.6 is 0 Å². The molecule has 4 fully saturated rings. The lowest BCUT2D eigenvalue weighted by Gasteiger charge is -2.59. The molecule has 4 aliphatic carbocycles. The maximum absolute atomic E-state index is 12.4. The van der Waals surface area contributed by atoms with Gasteiger partial charge in [-0.3, -0.25) is 0 Å². The Hall–Kier alpha value is -1.71. The number of benzene rings is 1. The largest absolute Gasteiger partial charge is 0.497 e. The molecule has 130 valence electrons. The second-order valence-electron chi connectivity index (χ2n) is 7.93. The van der Waals surface area contributed by atoms with Crippen LogP contribution in [0.3, 0.4) is 0 Å². The van der Waals surface area contributed by atoms with Crippen LogP contribution in [0.25, 0.3) is 0 Å². The van der Waals surface area contributed by atoms with Crippen LogP contribution < -0.4 is 9.47 Å². The van der Waals surface area contributed by atoms with Crippen LogP contribution in [-0.4, -0.2) is 25.3 Å². The molecule has 4 bridgehead atoms. The molecular formula is C20H26O4. The highest BCUT2D eigenvalue weighted by molar-refractivity contribution is 5.71. The van der Waals surface area contributed by atoms with E-state index in [0.717, 1.165) is 17.6 Å². The minimum atomic E-state index is -0.284. The lowest BCUT2D eigenvalue weighted by atomic mass is 9.50. The van der Waals surface area contributed by atoms with E-state index in [1.807, 2.05) is 12.1 Å². The first-order chi connectivity index (χ1) is 11.6. The molecule has 4 nitrogen and oxygen atoms in total. The second-order valence-corrected chi connectivity index (χ2v) is 7.93. The molecule has 0 N–H and O–H groups in total. The van der Waals surface area contributed by atoms with E-state index in [9.17, 15) is 4.79 Å². The van der Waals surface area contributed by atoms with Crippen LogP contribution in [0.4, 0.5) is 0 Å². The summed E-state index contributed by atoms with van der Waals surface area (Å²) in [6, 6.07) is 7.24. The number of esters is 1. The highest BCUT2D eigenvalue weighted by Gasteiger charge is 2.57. The van der Waals surface area contributed by atoms with Gasteiger partial charge in [0.25, 0.3) is 0 Å². The SMILES string of the molecule is COc1ccc(OCC(=O)OC2(C)C3CC4CC(C3)CC2C4)cc1. The molecule has 4 aliphatic rings. The highest BCUT2D eigenvalue weighted by atomic mass is 16.6. The third kappa shape index (κ3) is 2.76. The Morgan fingerprint density at radius 1 is 1.00 bits per heavy atom. The van der Waals surface area contributed by atoms with Crippen molar-refractivity contribution in [2.45, 2.75) is 44.6 Å². The van der Waals surface area contributed by atoms with Crippen LogP contribution in [0.5, 0.6) is 11.5 Å². The molecule has 0 unspecified atom stereocenters. The van der Waals surface area contributed by atoms with E-state index in [1.165, 1.54) is 32.1 Å². The number of rotatable bonds is 5. The molecule has 0 aliphatic heterocycles. The molecule has 5 rings (SSSR count). The first-order valence-electron chi connectivity index (χ1n) is 9.05. The maximum atomic E-state index is 12.4. The third-order valence-electron chi connectivity index (χ3n) is 6.51. The fraction of sp³-hybridized carbons (Fsp3) is 0.650. The lowest BCUT2D eigenvalue weighted by molar-refractivity contribution is -0.204. The molecular weight excluding hydrogens is 304 g/mol. The molecule has 1 aromatic carbocycles. The van der Waals surface area contributed by atoms with Gasteiger partial charge in [0.15, 0.2) is 6.61 Å². The van der Waals surface area contributed by atoms with Gasteiger partial charge in [0, 0.05) is 0 Å². The third-order valence-corrected chi connectivity index (χ3v) is 6.51. The number of carbonyl (C=O) groups excluding carboxylic acids is 1. The van der Waals surface area contributed by atoms with Gasteiger partial charge in [-0.25, -0.2) is 4.79 Å². The molecule has 1 aromatic rings. The zero-order valence-electron chi connectivity index (χ0n) is 14.5. The van der Waals surface area contributed by atoms with Gasteiger partial charge in [-0.1, -0.05) is 0 Å². The molecule has 0 atom stereocenters. The van der Waals surface area contributed by atoms with Crippen molar-refractivity contribution in [1.29, 1.82) is 0 Å². The van der Waals surface area contributed by atoms with E-state index in [2.05, 4.69) is 6.92 Å². The number of carbonyl (C=O) groups is 1. The maximum Gasteiger partial charge on any atom is 0.344 e. The standard InChI is InChI=1S/C20H26O4/c1-20(15-8-13-7-14(10-15)11-16(20)9-13)24-19(21)12-23-18-5-3-17(22-2)4-6-18/h3-6,13-16H,7-12H2,1-2H3. The van der Waals surface area contributed by atoms with Crippen molar-refractivity contribution in [3.05, 3.63) is 24.3 Å². The summed E-state index contributed by atoms with van der Waals surface area (Å²) < 4.78 is 16.7. The minimum Gasteiger partial charge on any atom is -0.497 e. The van der Waals surface area contributed by atoms with Crippen LogP contribution in [0.15, 0.2) is 24.3 Å². The molecule has 24 heavy (non-hydrogen) atoms. The lowest BCUT2D eigenvalue weighted by Crippen LogP contribution is -2.58. The van der Waals surface area contributed by atoms with Crippen LogP contribution in [-0.2, 0) is 9.53 Å². The van der Waals surface area contributed by atoms with Gasteiger partial charge >= 0.3 is 5.97 Å². The van der Waals surface area contributed by atoms with Crippen molar-refractivity contribution in [3.63, 3.8) is 0 Å². The average molecular weight is 330 g/mol. The summed E-state index contributed by atoms with van der Waals surface area (Å²) in [4.78, 5) is 12.4. The normalized spacial score (nSPS) is 36.4. The molecule has 0 spiro atoms. The quantitative estimate of drug-likeness (QED) is 0.770. The number of hydrogen-bond donors (Lipinski definition) is 0. The predicted molar refractivity (Wildman–Crippen MR) is 90.0 cm³/mol. The zero-order valence-corrected chi connectivity index (χ0v) is 14.5. The monoisotopic (exact) mass is 330 g/mol. The molecule has 0 amide bonds. The van der Waals surface area contributed by atoms with E-state index in [0.29, 0.717) is 17.6 Å². The smallest absolute Gasteiger partial charge is 0.344 e. The summed E-state index contributed by atoms with van der Waals surface area (Å²) in [5.41, 5.74) is -0.284. The van der Waals surface area contributed by atoms with Gasteiger partial charge in [-0.05, 0) is 87.0 Å². The van der Waals surface area contributed by atoms with Crippen molar-refractivity contribution in [3.8, 4) is 11.5 Å². The number of methoxy groups -OCH3 is 1. The number of ether oxygens (including phenoxy) is 3. The highest BCUT2D eigenvalue weighted by Crippen LogP contribution is 2.59. The van der Waals surface area contributed by atoms with E-state index >= 15 is 0 Å². The van der Waals surface area contributed by atoms with Gasteiger partial charge in [-0.2, -0.15) is 0 Å². The Kier molecular flexibility index (Phi) is 3.93. The summed E-state index contributed by atoms with van der Waals surface area (Å²) in [7, 11) is 1.62. The molecule has 4 heteroatoms. The molecule has 0 aromatic heterocycles. The van der Waals surface area contributed by atoms with Gasteiger partial charge in [0.1, 0.15) is 17.1 Å². The van der Waals surface area contributed by atoms with Gasteiger partial charge in [0.2, 0.25) is 0 Å². The van der Waals surface area contributed by atoms with E-state index in [4.69, 9.17) is 14.2 Å². The predicted octanol–water partition coefficient (Wildman–Crippen LogP) is 3.83. The first-order valence-corrected chi connectivity index (χ1v) is 9.05. The Bertz CT molecular complexity index is 579. The van der Waals surface area contributed by atoms with Crippen LogP contribution in [0.2, 0.25) is 0 Å². The van der Waals surface area contributed by atoms with Crippen molar-refractivity contribution < 1.29 is 19.0 Å². The van der Waals surface area contributed by atoms with Crippen LogP contribution in [0, 0.1) is 23.7 Å². The van der Waals surface area contributed by atoms with Crippen molar-refractivity contribution in [2.24, 2.45) is 23.7 Å². The van der Waals surface area contributed by atoms with Crippen LogP contribution in [0.1, 0.15) is 39.0 Å². The van der Waals surface area contributed by atoms with E-state index in [-0.39, 0.29) is 18.2 Å². The Balaban J connectivity index is 1.35. The summed E-state index contributed by atoms with van der Waals surface area (Å²) in [6.45, 7) is 2.12. The van der Waals surface area contributed by atoms with Crippen molar-refractivity contribution in [1.82, 2.24) is 0 Å². The molecule has 0 radical (unpaired) electrons. The fourth-order valence-corrected chi connectivity index (χ4v) is 5.38.